The summed E-state index contributed by atoms with van der Waals surface area (Å²) in [4.78, 5) is 43.2. The molecule has 0 aliphatic carbocycles. The first-order chi connectivity index (χ1) is 8.17. The van der Waals surface area contributed by atoms with Gasteiger partial charge in [-0.25, -0.2) is 0 Å². The fraction of sp³-hybridized carbons (Fsp3) is 0.600. The lowest BCUT2D eigenvalue weighted by atomic mass is 10.2. The fourth-order valence-electron chi connectivity index (χ4n) is 1.17. The highest BCUT2D eigenvalue weighted by atomic mass is 16.7. The minimum Gasteiger partial charge on any atom is -0.481 e. The van der Waals surface area contributed by atoms with Crippen LogP contribution in [0.5, 0.6) is 0 Å². The van der Waals surface area contributed by atoms with Crippen molar-refractivity contribution in [2.45, 2.75) is 33.0 Å². The van der Waals surface area contributed by atoms with Gasteiger partial charge in [-0.15, -0.1) is 0 Å². The molecule has 0 unspecified atom stereocenters. The van der Waals surface area contributed by atoms with Gasteiger partial charge in [-0.3, -0.25) is 19.2 Å². The second kappa shape index (κ2) is 6.58. The molecule has 18 heavy (non-hydrogen) atoms. The lowest BCUT2D eigenvalue weighted by Gasteiger charge is -2.29. The van der Waals surface area contributed by atoms with E-state index in [-0.39, 0.29) is 0 Å². The molecule has 0 fully saturated rings. The van der Waals surface area contributed by atoms with E-state index < -0.39 is 42.7 Å². The monoisotopic (exact) mass is 262 g/mol. The zero-order valence-electron chi connectivity index (χ0n) is 10.2. The van der Waals surface area contributed by atoms with Crippen LogP contribution in [0.1, 0.15) is 27.2 Å². The van der Waals surface area contributed by atoms with Gasteiger partial charge in [0.05, 0.1) is 0 Å². The van der Waals surface area contributed by atoms with Crippen molar-refractivity contribution in [2.75, 3.05) is 6.61 Å². The van der Waals surface area contributed by atoms with Gasteiger partial charge in [0.15, 0.2) is 6.61 Å². The summed E-state index contributed by atoms with van der Waals surface area (Å²) in [7, 11) is 0. The molecule has 0 saturated carbocycles. The van der Waals surface area contributed by atoms with Crippen molar-refractivity contribution < 1.29 is 38.5 Å². The molecular weight excluding hydrogens is 248 g/mol. The van der Waals surface area contributed by atoms with Crippen LogP contribution in [-0.2, 0) is 33.4 Å². The average Bonchev–Trinajstić information content (AvgIpc) is 2.11. The van der Waals surface area contributed by atoms with Crippen LogP contribution in [0.15, 0.2) is 0 Å². The molecule has 0 aromatic carbocycles. The summed E-state index contributed by atoms with van der Waals surface area (Å²) in [6.07, 6.45) is -0.834. The van der Waals surface area contributed by atoms with Gasteiger partial charge in [0.25, 0.3) is 0 Å². The Hall–Kier alpha value is -2.12. The Bertz CT molecular complexity index is 318. The van der Waals surface area contributed by atoms with E-state index in [4.69, 9.17) is 5.11 Å². The molecule has 8 heteroatoms. The van der Waals surface area contributed by atoms with Crippen molar-refractivity contribution in [1.82, 2.24) is 0 Å². The van der Waals surface area contributed by atoms with Crippen molar-refractivity contribution in [3.8, 4) is 0 Å². The predicted octanol–water partition coefficient (Wildman–Crippen LogP) is -0.153. The van der Waals surface area contributed by atoms with E-state index in [1.165, 1.54) is 0 Å². The van der Waals surface area contributed by atoms with Crippen LogP contribution in [0.25, 0.3) is 0 Å². The molecule has 0 aromatic rings. The van der Waals surface area contributed by atoms with E-state index in [9.17, 15) is 19.2 Å². The third kappa shape index (κ3) is 6.46. The van der Waals surface area contributed by atoms with Crippen molar-refractivity contribution in [3.05, 3.63) is 0 Å². The molecule has 8 nitrogen and oxygen atoms in total. The quantitative estimate of drug-likeness (QED) is 0.518. The fourth-order valence-corrected chi connectivity index (χ4v) is 1.17. The first kappa shape index (κ1) is 15.9. The number of carbonyl (C=O) groups excluding carboxylic acids is 3. The van der Waals surface area contributed by atoms with E-state index in [0.717, 1.165) is 20.8 Å². The van der Waals surface area contributed by atoms with E-state index in [0.29, 0.717) is 0 Å². The largest absolute Gasteiger partial charge is 0.481 e. The third-order valence-corrected chi connectivity index (χ3v) is 1.58. The van der Waals surface area contributed by atoms with Crippen LogP contribution in [0.4, 0.5) is 0 Å². The summed E-state index contributed by atoms with van der Waals surface area (Å²) in [5.41, 5.74) is 0. The van der Waals surface area contributed by atoms with Crippen LogP contribution in [0.2, 0.25) is 0 Å². The number of carbonyl (C=O) groups is 4. The maximum atomic E-state index is 10.9. The second-order valence-corrected chi connectivity index (χ2v) is 3.45. The van der Waals surface area contributed by atoms with E-state index >= 15 is 0 Å². The van der Waals surface area contributed by atoms with Crippen molar-refractivity contribution in [2.24, 2.45) is 0 Å². The maximum absolute atomic E-state index is 10.9. The zero-order chi connectivity index (χ0) is 14.3. The minimum atomic E-state index is -2.14. The predicted molar refractivity (Wildman–Crippen MR) is 55.1 cm³/mol. The smallest absolute Gasteiger partial charge is 0.311 e. The summed E-state index contributed by atoms with van der Waals surface area (Å²) in [6, 6.07) is 0. The van der Waals surface area contributed by atoms with Gasteiger partial charge < -0.3 is 19.3 Å². The van der Waals surface area contributed by atoms with Crippen LogP contribution in [-0.4, -0.2) is 41.4 Å². The van der Waals surface area contributed by atoms with E-state index in [2.05, 4.69) is 14.2 Å². The summed E-state index contributed by atoms with van der Waals surface area (Å²) >= 11 is 0. The summed E-state index contributed by atoms with van der Waals surface area (Å²) in [5, 5.41) is 8.72. The summed E-state index contributed by atoms with van der Waals surface area (Å²) in [5.74, 6) is -6.00. The molecule has 0 rings (SSSR count). The lowest BCUT2D eigenvalue weighted by Crippen LogP contribution is -2.46. The number of hydrogen-bond acceptors (Lipinski definition) is 7. The van der Waals surface area contributed by atoms with Crippen molar-refractivity contribution >= 4 is 23.9 Å². The summed E-state index contributed by atoms with van der Waals surface area (Å²) in [6.45, 7) is 2.41. The average molecular weight is 262 g/mol. The van der Waals surface area contributed by atoms with Gasteiger partial charge >= 0.3 is 29.7 Å². The Morgan fingerprint density at radius 2 is 1.39 bits per heavy atom. The van der Waals surface area contributed by atoms with Crippen molar-refractivity contribution in [3.63, 3.8) is 0 Å². The van der Waals surface area contributed by atoms with Crippen LogP contribution < -0.4 is 0 Å². The van der Waals surface area contributed by atoms with Gasteiger partial charge in [0, 0.05) is 20.8 Å². The van der Waals surface area contributed by atoms with Gasteiger partial charge in [0.2, 0.25) is 0 Å². The molecule has 0 aliphatic rings. The Labute approximate surface area is 103 Å². The van der Waals surface area contributed by atoms with E-state index in [1.807, 2.05) is 0 Å². The Morgan fingerprint density at radius 1 is 0.944 bits per heavy atom. The van der Waals surface area contributed by atoms with Crippen LogP contribution in [0.3, 0.4) is 0 Å². The van der Waals surface area contributed by atoms with Gasteiger partial charge in [0.1, 0.15) is 6.42 Å². The highest BCUT2D eigenvalue weighted by Gasteiger charge is 2.41. The van der Waals surface area contributed by atoms with Crippen LogP contribution >= 0.6 is 0 Å². The molecule has 0 radical (unpaired) electrons. The number of hydrogen-bond donors (Lipinski definition) is 1. The number of carboxylic acids is 1. The maximum Gasteiger partial charge on any atom is 0.311 e. The van der Waals surface area contributed by atoms with E-state index in [1.54, 1.807) is 0 Å². The number of aliphatic carboxylic acids is 1. The highest BCUT2D eigenvalue weighted by Crippen LogP contribution is 2.20. The Kier molecular flexibility index (Phi) is 5.80. The minimum absolute atomic E-state index is 0.687. The van der Waals surface area contributed by atoms with Gasteiger partial charge in [-0.2, -0.15) is 0 Å². The highest BCUT2D eigenvalue weighted by molar-refractivity contribution is 5.73. The van der Waals surface area contributed by atoms with Crippen molar-refractivity contribution in [1.29, 1.82) is 0 Å². The Balaban J connectivity index is 5.08. The molecule has 0 heterocycles. The zero-order valence-corrected chi connectivity index (χ0v) is 10.2. The summed E-state index contributed by atoms with van der Waals surface area (Å²) < 4.78 is 13.9. The molecule has 0 aliphatic heterocycles. The van der Waals surface area contributed by atoms with Gasteiger partial charge in [-0.05, 0) is 0 Å². The Morgan fingerprint density at radius 3 is 1.67 bits per heavy atom. The first-order valence-corrected chi connectivity index (χ1v) is 4.91. The number of ether oxygens (including phenoxy) is 3. The SMILES string of the molecule is CC(=O)OCC(CC(=O)O)(OC(C)=O)OC(C)=O. The molecule has 0 bridgehead atoms. The van der Waals surface area contributed by atoms with Crippen LogP contribution in [0, 0.1) is 0 Å². The van der Waals surface area contributed by atoms with Gasteiger partial charge in [-0.1, -0.05) is 0 Å². The molecule has 0 amide bonds. The second-order valence-electron chi connectivity index (χ2n) is 3.45. The molecular formula is C10H14O8. The molecule has 1 N–H and O–H groups in total. The number of esters is 3. The molecule has 0 aromatic heterocycles. The molecule has 0 saturated heterocycles. The normalized spacial score (nSPS) is 10.4. The standard InChI is InChI=1S/C10H14O8/c1-6(11)16-5-10(4-9(14)15,17-7(2)12)18-8(3)13/h4-5H2,1-3H3,(H,14,15). The molecule has 0 spiro atoms. The topological polar surface area (TPSA) is 116 Å². The lowest BCUT2D eigenvalue weighted by molar-refractivity contribution is -0.244. The third-order valence-electron chi connectivity index (χ3n) is 1.58. The number of carboxylic acid groups (broad SMARTS) is 1. The molecule has 102 valence electrons. The molecule has 0 atom stereocenters. The number of rotatable bonds is 6. The first-order valence-electron chi connectivity index (χ1n) is 4.91.